The highest BCUT2D eigenvalue weighted by molar-refractivity contribution is 5.38. The van der Waals surface area contributed by atoms with Crippen molar-refractivity contribution in [3.05, 3.63) is 190 Å². The van der Waals surface area contributed by atoms with E-state index in [0.717, 1.165) is 46.4 Å². The predicted octanol–water partition coefficient (Wildman–Crippen LogP) is 9.04. The van der Waals surface area contributed by atoms with Crippen LogP contribution in [-0.4, -0.2) is 51.9 Å². The minimum Gasteiger partial charge on any atom is -0.417 e. The summed E-state index contributed by atoms with van der Waals surface area (Å²) in [7, 11) is 0. The van der Waals surface area contributed by atoms with E-state index in [1.165, 1.54) is 6.07 Å². The molecule has 1 aliphatic carbocycles. The summed E-state index contributed by atoms with van der Waals surface area (Å²) < 4.78 is 57.0. The van der Waals surface area contributed by atoms with Crippen molar-refractivity contribution in [2.45, 2.75) is 96.5 Å². The lowest BCUT2D eigenvalue weighted by Crippen LogP contribution is -2.69. The topological polar surface area (TPSA) is 93.4 Å². The van der Waals surface area contributed by atoms with E-state index >= 15 is 0 Å². The van der Waals surface area contributed by atoms with Crippen LogP contribution in [-0.2, 0) is 63.1 Å². The molecule has 0 amide bonds. The summed E-state index contributed by atoms with van der Waals surface area (Å²) in [5.74, 6) is -2.08. The molecule has 1 saturated carbocycles. The smallest absolute Gasteiger partial charge is 0.356 e. The van der Waals surface area contributed by atoms with Crippen molar-refractivity contribution in [1.29, 1.82) is 0 Å². The third kappa shape index (κ3) is 10.6. The Kier molecular flexibility index (Phi) is 13.5. The molecule has 2 aliphatic rings. The number of nitrogens with zero attached hydrogens (tertiary/aromatic N) is 2. The number of rotatable bonds is 19. The molecule has 1 aliphatic heterocycles. The molecule has 10 heteroatoms. The van der Waals surface area contributed by atoms with Crippen LogP contribution >= 0.6 is 0 Å². The Hall–Kier alpha value is -5.20. The number of aromatic nitrogens is 2. The Balaban J connectivity index is 1.19. The van der Waals surface area contributed by atoms with Crippen LogP contribution in [0.1, 0.15) is 57.5 Å². The Morgan fingerprint density at radius 1 is 0.683 bits per heavy atom. The monoisotopic (exact) mass is 812 g/mol. The molecule has 1 N–H and O–H groups in total. The van der Waals surface area contributed by atoms with Crippen molar-refractivity contribution < 1.29 is 37.9 Å². The second-order valence-corrected chi connectivity index (χ2v) is 15.9. The van der Waals surface area contributed by atoms with Gasteiger partial charge in [0.25, 0.3) is 0 Å². The van der Waals surface area contributed by atoms with Crippen LogP contribution in [0.3, 0.4) is 0 Å². The fourth-order valence-electron chi connectivity index (χ4n) is 7.55. The first kappa shape index (κ1) is 41.5. The number of hydrogen-bond donors (Lipinski definition) is 1. The van der Waals surface area contributed by atoms with Crippen molar-refractivity contribution in [2.24, 2.45) is 5.92 Å². The summed E-state index contributed by atoms with van der Waals surface area (Å²) in [6.45, 7) is 5.29. The first-order chi connectivity index (χ1) is 29.3. The van der Waals surface area contributed by atoms with Gasteiger partial charge in [-0.15, -0.1) is 5.10 Å². The summed E-state index contributed by atoms with van der Waals surface area (Å²) in [5.41, 5.74) is 6.62. The molecule has 2 heterocycles. The van der Waals surface area contributed by atoms with Gasteiger partial charge in [0.15, 0.2) is 6.10 Å². The number of aryl methyl sites for hydroxylation is 1. The molecule has 5 aromatic carbocycles. The normalized spacial score (nSPS) is 21.5. The summed E-state index contributed by atoms with van der Waals surface area (Å²) in [6.07, 6.45) is -1.34. The number of benzene rings is 5. The zero-order valence-corrected chi connectivity index (χ0v) is 34.2. The van der Waals surface area contributed by atoms with Gasteiger partial charge in [-0.3, -0.25) is 4.68 Å². The van der Waals surface area contributed by atoms with Gasteiger partial charge in [-0.2, -0.15) is 0 Å². The maximum atomic E-state index is 14.9. The molecule has 0 unspecified atom stereocenters. The van der Waals surface area contributed by atoms with E-state index in [4.69, 9.17) is 33.5 Å². The van der Waals surface area contributed by atoms with Crippen LogP contribution in [0.25, 0.3) is 0 Å². The average Bonchev–Trinajstić information content (AvgIpc) is 4.05. The number of hydrogen-bond acceptors (Lipinski definition) is 8. The molecule has 0 spiro atoms. The van der Waals surface area contributed by atoms with Crippen LogP contribution in [0, 0.1) is 25.6 Å². The Bertz CT molecular complexity index is 2260. The van der Waals surface area contributed by atoms with Gasteiger partial charge >= 0.3 is 5.97 Å². The van der Waals surface area contributed by atoms with E-state index < -0.39 is 30.4 Å². The zero-order chi connectivity index (χ0) is 41.3. The molecule has 6 aromatic rings. The number of halogens is 1. The molecule has 0 radical (unpaired) electrons. The van der Waals surface area contributed by atoms with Crippen LogP contribution < -0.4 is 4.74 Å². The molecule has 9 nitrogen and oxygen atoms in total. The Morgan fingerprint density at radius 3 is 1.77 bits per heavy atom. The van der Waals surface area contributed by atoms with Gasteiger partial charge in [-0.25, -0.2) is 4.39 Å². The Morgan fingerprint density at radius 2 is 1.22 bits per heavy atom. The molecule has 1 saturated heterocycles. The van der Waals surface area contributed by atoms with E-state index in [-0.39, 0.29) is 38.1 Å². The largest absolute Gasteiger partial charge is 0.417 e. The molecule has 1 aromatic heterocycles. The molecule has 2 fully saturated rings. The Labute approximate surface area is 351 Å². The first-order valence-corrected chi connectivity index (χ1v) is 20.8. The van der Waals surface area contributed by atoms with Gasteiger partial charge in [0.1, 0.15) is 24.1 Å². The highest BCUT2D eigenvalue weighted by Crippen LogP contribution is 2.40. The summed E-state index contributed by atoms with van der Waals surface area (Å²) in [4.78, 5) is 0. The van der Waals surface area contributed by atoms with E-state index in [2.05, 4.69) is 0 Å². The van der Waals surface area contributed by atoms with Crippen molar-refractivity contribution >= 4 is 0 Å². The van der Waals surface area contributed by atoms with E-state index in [0.29, 0.717) is 36.6 Å². The number of ether oxygens (including phenoxy) is 6. The van der Waals surface area contributed by atoms with Crippen molar-refractivity contribution in [3.8, 4) is 5.88 Å². The maximum Gasteiger partial charge on any atom is 0.356 e. The van der Waals surface area contributed by atoms with Gasteiger partial charge in [-0.05, 0) is 72.1 Å². The molecule has 5 atom stereocenters. The molecule has 0 bridgehead atoms. The minimum atomic E-state index is -2.46. The highest BCUT2D eigenvalue weighted by atomic mass is 19.1. The summed E-state index contributed by atoms with van der Waals surface area (Å²) in [5, 5.41) is 18.1. The van der Waals surface area contributed by atoms with Crippen LogP contribution in [0.5, 0.6) is 5.88 Å². The molecule has 60 heavy (non-hydrogen) atoms. The lowest BCUT2D eigenvalue weighted by atomic mass is 9.96. The van der Waals surface area contributed by atoms with Crippen LogP contribution in [0.4, 0.5) is 4.39 Å². The average molecular weight is 813 g/mol. The maximum absolute atomic E-state index is 14.9. The zero-order valence-electron chi connectivity index (χ0n) is 34.2. The lowest BCUT2D eigenvalue weighted by molar-refractivity contribution is -0.436. The van der Waals surface area contributed by atoms with Gasteiger partial charge in [-0.1, -0.05) is 133 Å². The fourth-order valence-corrected chi connectivity index (χ4v) is 7.55. The van der Waals surface area contributed by atoms with Crippen molar-refractivity contribution in [3.63, 3.8) is 0 Å². The third-order valence-corrected chi connectivity index (χ3v) is 11.2. The first-order valence-electron chi connectivity index (χ1n) is 20.8. The van der Waals surface area contributed by atoms with E-state index in [1.807, 2.05) is 139 Å². The van der Waals surface area contributed by atoms with Gasteiger partial charge < -0.3 is 33.5 Å². The highest BCUT2D eigenvalue weighted by Gasteiger charge is 2.59. The van der Waals surface area contributed by atoms with E-state index in [9.17, 15) is 9.50 Å². The van der Waals surface area contributed by atoms with Crippen LogP contribution in [0.2, 0.25) is 0 Å². The van der Waals surface area contributed by atoms with Gasteiger partial charge in [0.05, 0.1) is 33.0 Å². The van der Waals surface area contributed by atoms with Crippen molar-refractivity contribution in [1.82, 2.24) is 9.78 Å². The molecule has 8 rings (SSSR count). The molecule has 312 valence electrons. The van der Waals surface area contributed by atoms with E-state index in [1.54, 1.807) is 13.0 Å². The SMILES string of the molecule is Cc1ccc(Cc2c(O[C@]3(O)O[C@H](COCc4ccccc4)[C@@H](OCc4ccccc4)[C@H](OCc4ccccc4)[C@H]3OCc3ccccc3)nn(CC3CC3)c2C)cc1F. The minimum absolute atomic E-state index is 0.0290. The summed E-state index contributed by atoms with van der Waals surface area (Å²) in [6, 6.07) is 44.5. The molecular formula is C50H53FN2O7. The predicted molar refractivity (Wildman–Crippen MR) is 225 cm³/mol. The van der Waals surface area contributed by atoms with Crippen LogP contribution in [0.15, 0.2) is 140 Å². The molecular weight excluding hydrogens is 760 g/mol. The summed E-state index contributed by atoms with van der Waals surface area (Å²) >= 11 is 0. The standard InChI is InChI=1S/C50H53FN2O7/c1-35-23-24-42(28-44(35)51)27-43-36(2)53(29-37-25-26-37)52-49(43)60-50(54)48(58-33-41-21-13-6-14-22-41)47(57-32-40-19-11-5-12-20-40)46(56-31-39-17-9-4-10-18-39)45(59-50)34-55-30-38-15-7-3-8-16-38/h3-24,28,37,45-48,54H,25-27,29-34H2,1-2H3/t45-,46-,47+,48-,50-/m1/s1. The second kappa shape index (κ2) is 19.5. The lowest BCUT2D eigenvalue weighted by Gasteiger charge is -2.49. The second-order valence-electron chi connectivity index (χ2n) is 15.9. The number of aliphatic hydroxyl groups is 1. The van der Waals surface area contributed by atoms with Gasteiger partial charge in [0.2, 0.25) is 5.88 Å². The van der Waals surface area contributed by atoms with Crippen molar-refractivity contribution in [2.75, 3.05) is 6.61 Å². The van der Waals surface area contributed by atoms with Gasteiger partial charge in [0, 0.05) is 24.2 Å². The fraction of sp³-hybridized carbons (Fsp3) is 0.340. The quantitative estimate of drug-likeness (QED) is 0.0811. The third-order valence-electron chi connectivity index (χ3n) is 11.2.